The van der Waals surface area contributed by atoms with E-state index < -0.39 is 191 Å². The van der Waals surface area contributed by atoms with Gasteiger partial charge in [-0.15, -0.1) is 0 Å². The van der Waals surface area contributed by atoms with Crippen molar-refractivity contribution in [2.24, 2.45) is 5.92 Å². The van der Waals surface area contributed by atoms with Crippen molar-refractivity contribution < 1.29 is 99.1 Å². The number of fused-ring (bicyclic) bond motifs is 4. The van der Waals surface area contributed by atoms with Crippen LogP contribution in [0.4, 0.5) is 54.5 Å². The van der Waals surface area contributed by atoms with Gasteiger partial charge in [-0.2, -0.15) is 49.6 Å². The maximum absolute atomic E-state index is 15.6. The SMILES string of the molecule is C[C@@H](O)[C@H](NC(=O)N(c1nn(CC(F)(F)F)c2c(-c3ccc(C#CC(C)(C)S(C)(=O)=O)nc3[C@H](Cc3cc(F)cc(F)c3)NC(=O)Cn3nc(C(F)(F)F)c4c3C(F)(F)[C@@H]3C[C@H]43)ccc(Cl)c12)S(C)(=O)=O)C(=O)OP(=O)(O)O. The van der Waals surface area contributed by atoms with E-state index in [9.17, 15) is 85.8 Å². The number of hydrogen-bond acceptors (Lipinski definition) is 13. The zero-order valence-electron chi connectivity index (χ0n) is 40.4. The molecule has 5 aromatic rings. The first kappa shape index (κ1) is 59.3. The lowest BCUT2D eigenvalue weighted by molar-refractivity contribution is -0.143. The normalized spacial score (nSPS) is 17.5. The van der Waals surface area contributed by atoms with Gasteiger partial charge in [0.2, 0.25) is 15.9 Å². The number of sulfone groups is 1. The van der Waals surface area contributed by atoms with Crippen LogP contribution in [0.25, 0.3) is 22.0 Å². The quantitative estimate of drug-likeness (QED) is 0.0446. The summed E-state index contributed by atoms with van der Waals surface area (Å²) in [5.41, 5.74) is -6.85. The molecule has 0 saturated heterocycles. The van der Waals surface area contributed by atoms with Gasteiger partial charge < -0.3 is 20.3 Å². The standard InChI is InChI=1S/C44H40ClF10N8O12PS2/c1-19(64)33(39(66)75-76(68,69)70)58-40(67)63(78(5,73)74)38-32-28(45)9-8-25(35(32)62(60-38)18-42(48,49)50)24-7-6-23(10-11-41(2,3)77(4,71)72)56-34(24)29(14-20-12-21(46)15-22(47)13-20)57-30(65)17-61-37-31(36(59-61)44(53,54)55)26-16-27(26)43(37,51)52/h6-9,12-13,15,19,26-27,29,33,64H,14,16-18H2,1-5H3,(H,57,65)(H,58,67)(H2,68,69,70)/t19-,26+,27-,29+,33+/m1/s1. The number of nitrogens with one attached hydrogen (secondary N) is 2. The molecule has 2 aliphatic carbocycles. The van der Waals surface area contributed by atoms with Crippen LogP contribution in [0.3, 0.4) is 0 Å². The molecule has 7 rings (SSSR count). The fourth-order valence-electron chi connectivity index (χ4n) is 8.55. The van der Waals surface area contributed by atoms with E-state index in [0.29, 0.717) is 12.3 Å². The smallest absolute Gasteiger partial charge is 0.391 e. The number of nitrogens with zero attached hydrogens (tertiary/aromatic N) is 6. The maximum atomic E-state index is 15.6. The van der Waals surface area contributed by atoms with Gasteiger partial charge in [-0.3, -0.25) is 23.9 Å². The van der Waals surface area contributed by atoms with Crippen molar-refractivity contribution in [2.75, 3.05) is 16.8 Å². The molecule has 78 heavy (non-hydrogen) atoms. The summed E-state index contributed by atoms with van der Waals surface area (Å²) >= 11 is 6.59. The molecule has 422 valence electrons. The number of amides is 3. The number of pyridine rings is 1. The Balaban J connectivity index is 1.48. The van der Waals surface area contributed by atoms with Crippen LogP contribution in [0.1, 0.15) is 73.1 Å². The fraction of sp³-hybridized carbons (Fsp3) is 0.409. The zero-order chi connectivity index (χ0) is 58.4. The highest BCUT2D eigenvalue weighted by molar-refractivity contribution is 7.93. The van der Waals surface area contributed by atoms with Crippen LogP contribution in [0.2, 0.25) is 5.02 Å². The molecule has 2 aromatic carbocycles. The Bertz CT molecular complexity index is 3630. The number of alkyl halides is 8. The first-order chi connectivity index (χ1) is 35.6. The highest BCUT2D eigenvalue weighted by Crippen LogP contribution is 2.68. The Morgan fingerprint density at radius 3 is 2.13 bits per heavy atom. The molecule has 2 aliphatic rings. The second kappa shape index (κ2) is 20.4. The van der Waals surface area contributed by atoms with E-state index in [-0.39, 0.29) is 25.7 Å². The Morgan fingerprint density at radius 1 is 0.962 bits per heavy atom. The predicted molar refractivity (Wildman–Crippen MR) is 252 cm³/mol. The molecule has 0 unspecified atom stereocenters. The number of carbonyl (C=O) groups excluding carboxylic acids is 3. The van der Waals surface area contributed by atoms with Crippen molar-refractivity contribution in [2.45, 2.75) is 93.8 Å². The van der Waals surface area contributed by atoms with Crippen molar-refractivity contribution >= 4 is 73.9 Å². The molecule has 0 radical (unpaired) electrons. The van der Waals surface area contributed by atoms with Gasteiger partial charge in [-0.25, -0.2) is 44.8 Å². The Morgan fingerprint density at radius 2 is 1.58 bits per heavy atom. The second-order valence-corrected chi connectivity index (χ2v) is 24.6. The lowest BCUT2D eigenvalue weighted by Gasteiger charge is -2.24. The molecule has 5 N–H and O–H groups in total. The van der Waals surface area contributed by atoms with Gasteiger partial charge in [0.25, 0.3) is 5.92 Å². The minimum absolute atomic E-state index is 0.0778. The van der Waals surface area contributed by atoms with Crippen LogP contribution in [-0.4, -0.2) is 110 Å². The van der Waals surface area contributed by atoms with Gasteiger partial charge >= 0.3 is 32.2 Å². The predicted octanol–water partition coefficient (Wildman–Crippen LogP) is 6.15. The number of urea groups is 1. The lowest BCUT2D eigenvalue weighted by atomic mass is 9.93. The van der Waals surface area contributed by atoms with E-state index in [2.05, 4.69) is 36.9 Å². The third-order valence-corrected chi connectivity index (χ3v) is 15.9. The summed E-state index contributed by atoms with van der Waals surface area (Å²) in [4.78, 5) is 63.6. The third-order valence-electron chi connectivity index (χ3n) is 12.2. The van der Waals surface area contributed by atoms with Crippen LogP contribution in [0.5, 0.6) is 0 Å². The van der Waals surface area contributed by atoms with Gasteiger partial charge in [-0.05, 0) is 81.3 Å². The number of phosphoric acid groups is 1. The molecule has 34 heteroatoms. The molecular formula is C44H40ClF10N8O12PS2. The number of benzene rings is 2. The summed E-state index contributed by atoms with van der Waals surface area (Å²) in [6.07, 6.45) is -12.7. The van der Waals surface area contributed by atoms with Crippen molar-refractivity contribution in [1.82, 2.24) is 35.2 Å². The molecule has 3 amide bonds. The van der Waals surface area contributed by atoms with Crippen LogP contribution in [0.15, 0.2) is 42.5 Å². The van der Waals surface area contributed by atoms with Crippen molar-refractivity contribution in [3.05, 3.63) is 93.0 Å². The Kier molecular flexibility index (Phi) is 15.5. The number of halogens is 11. The number of phosphoric ester groups is 1. The van der Waals surface area contributed by atoms with Crippen LogP contribution < -0.4 is 14.9 Å². The van der Waals surface area contributed by atoms with Crippen molar-refractivity contribution in [3.8, 4) is 23.0 Å². The van der Waals surface area contributed by atoms with Crippen LogP contribution >= 0.6 is 19.4 Å². The Labute approximate surface area is 439 Å². The number of anilines is 1. The molecule has 0 aliphatic heterocycles. The first-order valence-corrected chi connectivity index (χ1v) is 27.8. The lowest BCUT2D eigenvalue weighted by Crippen LogP contribution is -2.54. The van der Waals surface area contributed by atoms with E-state index in [1.54, 1.807) is 5.32 Å². The van der Waals surface area contributed by atoms with Crippen LogP contribution in [0, 0.1) is 29.4 Å². The second-order valence-electron chi connectivity index (χ2n) is 18.6. The highest BCUT2D eigenvalue weighted by atomic mass is 35.5. The van der Waals surface area contributed by atoms with Crippen LogP contribution in [-0.2, 0) is 70.1 Å². The summed E-state index contributed by atoms with van der Waals surface area (Å²) in [6, 6.07) is -0.507. The number of aliphatic hydroxyl groups is 1. The summed E-state index contributed by atoms with van der Waals surface area (Å²) in [7, 11) is -14.9. The average Bonchev–Trinajstić information content (AvgIpc) is 3.86. The molecule has 5 atom stereocenters. The topological polar surface area (TPSA) is 282 Å². The van der Waals surface area contributed by atoms with Gasteiger partial charge in [0.05, 0.1) is 40.0 Å². The van der Waals surface area contributed by atoms with Crippen molar-refractivity contribution in [3.63, 3.8) is 0 Å². The van der Waals surface area contributed by atoms with Gasteiger partial charge in [0.15, 0.2) is 27.4 Å². The number of carbonyl (C=O) groups is 3. The third kappa shape index (κ3) is 12.4. The molecule has 1 saturated carbocycles. The number of hydrogen-bond donors (Lipinski definition) is 5. The maximum Gasteiger partial charge on any atom is 0.527 e. The van der Waals surface area contributed by atoms with E-state index in [1.165, 1.54) is 13.8 Å². The zero-order valence-corrected chi connectivity index (χ0v) is 43.7. The minimum Gasteiger partial charge on any atom is -0.391 e. The number of aliphatic hydroxyl groups excluding tert-OH is 1. The minimum atomic E-state index is -5.70. The summed E-state index contributed by atoms with van der Waals surface area (Å²) < 4.78 is 213. The molecular weight excluding hydrogens is 1150 g/mol. The van der Waals surface area contributed by atoms with E-state index in [0.717, 1.165) is 49.6 Å². The number of sulfonamides is 1. The highest BCUT2D eigenvalue weighted by Gasteiger charge is 2.68. The molecule has 1 fully saturated rings. The average molecular weight is 1190 g/mol. The van der Waals surface area contributed by atoms with Gasteiger partial charge in [0.1, 0.15) is 40.9 Å². The molecule has 3 heterocycles. The fourth-order valence-corrected chi connectivity index (χ4v) is 10.2. The monoisotopic (exact) mass is 1190 g/mol. The van der Waals surface area contributed by atoms with Crippen molar-refractivity contribution in [1.29, 1.82) is 0 Å². The molecule has 20 nitrogen and oxygen atoms in total. The van der Waals surface area contributed by atoms with E-state index in [1.807, 2.05) is 0 Å². The number of rotatable bonds is 15. The van der Waals surface area contributed by atoms with Gasteiger partial charge in [0, 0.05) is 34.9 Å². The summed E-state index contributed by atoms with van der Waals surface area (Å²) in [5.74, 6) is -8.84. The van der Waals surface area contributed by atoms with E-state index in [4.69, 9.17) is 11.6 Å². The Hall–Kier alpha value is -6.36. The van der Waals surface area contributed by atoms with E-state index >= 15 is 8.78 Å². The largest absolute Gasteiger partial charge is 0.527 e. The molecule has 0 bridgehead atoms. The first-order valence-electron chi connectivity index (χ1n) is 22.2. The number of aromatic nitrogens is 5. The summed E-state index contributed by atoms with van der Waals surface area (Å²) in [6.45, 7) is -0.384. The van der Waals surface area contributed by atoms with Gasteiger partial charge in [-0.1, -0.05) is 23.6 Å². The molecule has 0 spiro atoms. The summed E-state index contributed by atoms with van der Waals surface area (Å²) in [5, 5.41) is 19.9. The molecule has 3 aromatic heterocycles.